The van der Waals surface area contributed by atoms with Gasteiger partial charge in [-0.25, -0.2) is 8.42 Å². The Morgan fingerprint density at radius 2 is 1.60 bits per heavy atom. The summed E-state index contributed by atoms with van der Waals surface area (Å²) in [6, 6.07) is 16.6. The topological polar surface area (TPSA) is 84.5 Å². The average molecular weight is 425 g/mol. The van der Waals surface area contributed by atoms with Gasteiger partial charge in [0.05, 0.1) is 17.7 Å². The monoisotopic (exact) mass is 424 g/mol. The Labute approximate surface area is 177 Å². The van der Waals surface area contributed by atoms with Crippen LogP contribution in [0.1, 0.15) is 27.0 Å². The summed E-state index contributed by atoms with van der Waals surface area (Å²) in [6.07, 6.45) is 0. The summed E-state index contributed by atoms with van der Waals surface area (Å²) in [5.41, 5.74) is 4.26. The Balaban J connectivity index is 1.74. The SMILES string of the molecule is COc1ccc(C(=O)Nc2ccc(S(=O)(=O)Nc3cccc(C)c3C)cc2)cc1C. The smallest absolute Gasteiger partial charge is 0.261 e. The minimum absolute atomic E-state index is 0.113. The van der Waals surface area contributed by atoms with Crippen LogP contribution in [0, 0.1) is 20.8 Å². The Hall–Kier alpha value is -3.32. The molecule has 0 aliphatic heterocycles. The predicted octanol–water partition coefficient (Wildman–Crippen LogP) is 4.67. The molecule has 7 heteroatoms. The van der Waals surface area contributed by atoms with E-state index in [2.05, 4.69) is 10.0 Å². The summed E-state index contributed by atoms with van der Waals surface area (Å²) in [7, 11) is -2.16. The third kappa shape index (κ3) is 4.63. The Bertz CT molecular complexity index is 1190. The highest BCUT2D eigenvalue weighted by molar-refractivity contribution is 7.92. The van der Waals surface area contributed by atoms with Gasteiger partial charge in [-0.15, -0.1) is 0 Å². The molecule has 156 valence electrons. The van der Waals surface area contributed by atoms with Crippen molar-refractivity contribution in [2.75, 3.05) is 17.1 Å². The molecule has 0 bridgehead atoms. The average Bonchev–Trinajstić information content (AvgIpc) is 2.71. The second kappa shape index (κ2) is 8.59. The van der Waals surface area contributed by atoms with Gasteiger partial charge < -0.3 is 10.1 Å². The number of hydrogen-bond acceptors (Lipinski definition) is 4. The van der Waals surface area contributed by atoms with Crippen LogP contribution in [0.15, 0.2) is 65.6 Å². The van der Waals surface area contributed by atoms with Crippen molar-refractivity contribution in [1.82, 2.24) is 0 Å². The van der Waals surface area contributed by atoms with Crippen LogP contribution in [0.25, 0.3) is 0 Å². The van der Waals surface area contributed by atoms with Crippen molar-refractivity contribution in [2.45, 2.75) is 25.7 Å². The quantitative estimate of drug-likeness (QED) is 0.602. The zero-order valence-corrected chi connectivity index (χ0v) is 18.1. The number of sulfonamides is 1. The second-order valence-corrected chi connectivity index (χ2v) is 8.70. The lowest BCUT2D eigenvalue weighted by molar-refractivity contribution is 0.102. The highest BCUT2D eigenvalue weighted by Crippen LogP contribution is 2.23. The van der Waals surface area contributed by atoms with E-state index < -0.39 is 10.0 Å². The number of hydrogen-bond donors (Lipinski definition) is 2. The summed E-state index contributed by atoms with van der Waals surface area (Å²) in [4.78, 5) is 12.6. The fourth-order valence-corrected chi connectivity index (χ4v) is 4.13. The fraction of sp³-hybridized carbons (Fsp3) is 0.174. The van der Waals surface area contributed by atoms with E-state index in [9.17, 15) is 13.2 Å². The van der Waals surface area contributed by atoms with E-state index in [1.165, 1.54) is 12.1 Å². The summed E-state index contributed by atoms with van der Waals surface area (Å²) in [6.45, 7) is 5.65. The van der Waals surface area contributed by atoms with Crippen LogP contribution in [-0.4, -0.2) is 21.4 Å². The first-order chi connectivity index (χ1) is 14.2. The van der Waals surface area contributed by atoms with Crippen molar-refractivity contribution in [3.8, 4) is 5.75 Å². The molecule has 0 heterocycles. The first-order valence-corrected chi connectivity index (χ1v) is 10.8. The molecule has 6 nitrogen and oxygen atoms in total. The minimum atomic E-state index is -3.74. The summed E-state index contributed by atoms with van der Waals surface area (Å²) >= 11 is 0. The van der Waals surface area contributed by atoms with Gasteiger partial charge in [-0.2, -0.15) is 0 Å². The van der Waals surface area contributed by atoms with E-state index in [1.807, 2.05) is 26.8 Å². The normalized spacial score (nSPS) is 11.1. The first-order valence-electron chi connectivity index (χ1n) is 9.36. The van der Waals surface area contributed by atoms with Crippen molar-refractivity contribution in [3.05, 3.63) is 82.9 Å². The zero-order chi connectivity index (χ0) is 21.9. The van der Waals surface area contributed by atoms with Gasteiger partial charge in [-0.05, 0) is 86.0 Å². The van der Waals surface area contributed by atoms with Gasteiger partial charge in [0, 0.05) is 11.3 Å². The largest absolute Gasteiger partial charge is 0.496 e. The number of nitrogens with one attached hydrogen (secondary N) is 2. The van der Waals surface area contributed by atoms with Crippen molar-refractivity contribution in [1.29, 1.82) is 0 Å². The van der Waals surface area contributed by atoms with Crippen molar-refractivity contribution in [2.24, 2.45) is 0 Å². The maximum atomic E-state index is 12.7. The lowest BCUT2D eigenvalue weighted by Crippen LogP contribution is -2.15. The van der Waals surface area contributed by atoms with Gasteiger partial charge in [0.1, 0.15) is 5.75 Å². The molecule has 2 N–H and O–H groups in total. The summed E-state index contributed by atoms with van der Waals surface area (Å²) in [5.74, 6) is 0.419. The molecule has 3 rings (SSSR count). The molecule has 3 aromatic carbocycles. The van der Waals surface area contributed by atoms with E-state index >= 15 is 0 Å². The van der Waals surface area contributed by atoms with E-state index in [-0.39, 0.29) is 10.8 Å². The predicted molar refractivity (Wildman–Crippen MR) is 119 cm³/mol. The van der Waals surface area contributed by atoms with Crippen molar-refractivity contribution < 1.29 is 17.9 Å². The second-order valence-electron chi connectivity index (χ2n) is 7.02. The van der Waals surface area contributed by atoms with Gasteiger partial charge in [0.15, 0.2) is 0 Å². The van der Waals surface area contributed by atoms with Crippen LogP contribution in [0.3, 0.4) is 0 Å². The number of ether oxygens (including phenoxy) is 1. The molecule has 0 unspecified atom stereocenters. The zero-order valence-electron chi connectivity index (χ0n) is 17.3. The number of anilines is 2. The lowest BCUT2D eigenvalue weighted by atomic mass is 10.1. The van der Waals surface area contributed by atoms with E-state index in [1.54, 1.807) is 49.6 Å². The molecule has 0 saturated heterocycles. The van der Waals surface area contributed by atoms with Gasteiger partial charge in [-0.1, -0.05) is 12.1 Å². The van der Waals surface area contributed by atoms with E-state index in [4.69, 9.17) is 4.74 Å². The molecule has 0 aliphatic rings. The molecular weight excluding hydrogens is 400 g/mol. The van der Waals surface area contributed by atoms with Gasteiger partial charge in [0.2, 0.25) is 0 Å². The molecule has 30 heavy (non-hydrogen) atoms. The molecule has 1 amide bonds. The molecule has 0 fully saturated rings. The number of methoxy groups -OCH3 is 1. The van der Waals surface area contributed by atoms with Crippen molar-refractivity contribution in [3.63, 3.8) is 0 Å². The maximum absolute atomic E-state index is 12.7. The van der Waals surface area contributed by atoms with Gasteiger partial charge in [0.25, 0.3) is 15.9 Å². The molecule has 0 spiro atoms. The third-order valence-electron chi connectivity index (χ3n) is 4.93. The summed E-state index contributed by atoms with van der Waals surface area (Å²) < 4.78 is 33.2. The molecule has 3 aromatic rings. The number of amides is 1. The van der Waals surface area contributed by atoms with Crippen LogP contribution < -0.4 is 14.8 Å². The van der Waals surface area contributed by atoms with Crippen LogP contribution >= 0.6 is 0 Å². The number of benzene rings is 3. The van der Waals surface area contributed by atoms with Crippen molar-refractivity contribution >= 4 is 27.3 Å². The lowest BCUT2D eigenvalue weighted by Gasteiger charge is -2.13. The van der Waals surface area contributed by atoms with Crippen LogP contribution in [-0.2, 0) is 10.0 Å². The minimum Gasteiger partial charge on any atom is -0.496 e. The van der Waals surface area contributed by atoms with E-state index in [0.29, 0.717) is 22.7 Å². The van der Waals surface area contributed by atoms with Gasteiger partial charge in [-0.3, -0.25) is 9.52 Å². The number of aryl methyl sites for hydroxylation is 2. The van der Waals surface area contributed by atoms with Crippen LogP contribution in [0.2, 0.25) is 0 Å². The highest BCUT2D eigenvalue weighted by Gasteiger charge is 2.16. The van der Waals surface area contributed by atoms with Crippen LogP contribution in [0.4, 0.5) is 11.4 Å². The van der Waals surface area contributed by atoms with E-state index in [0.717, 1.165) is 16.7 Å². The standard InChI is InChI=1S/C23H24N2O4S/c1-15-6-5-7-21(17(15)3)25-30(27,28)20-11-9-19(10-12-20)24-23(26)18-8-13-22(29-4)16(2)14-18/h5-14,25H,1-4H3,(H,24,26). The molecule has 0 aromatic heterocycles. The Morgan fingerprint density at radius 3 is 2.23 bits per heavy atom. The third-order valence-corrected chi connectivity index (χ3v) is 6.31. The molecule has 0 saturated carbocycles. The Morgan fingerprint density at radius 1 is 0.900 bits per heavy atom. The number of carbonyl (C=O) groups excluding carboxylic acids is 1. The summed E-state index contributed by atoms with van der Waals surface area (Å²) in [5, 5.41) is 2.77. The maximum Gasteiger partial charge on any atom is 0.261 e. The first kappa shape index (κ1) is 21.4. The van der Waals surface area contributed by atoms with Gasteiger partial charge >= 0.3 is 0 Å². The molecule has 0 atom stereocenters. The van der Waals surface area contributed by atoms with Crippen LogP contribution in [0.5, 0.6) is 5.75 Å². The molecular formula is C23H24N2O4S. The fourth-order valence-electron chi connectivity index (χ4n) is 3.01. The molecule has 0 radical (unpaired) electrons. The Kier molecular flexibility index (Phi) is 6.12. The highest BCUT2D eigenvalue weighted by atomic mass is 32.2. The number of carbonyl (C=O) groups is 1. The number of rotatable bonds is 6. The molecule has 0 aliphatic carbocycles.